The molecule has 2 amide bonds. The molecule has 0 N–H and O–H groups in total. The van der Waals surface area contributed by atoms with Gasteiger partial charge in [-0.3, -0.25) is 14.6 Å². The number of hydrogen-bond donors (Lipinski definition) is 0. The number of carbonyl (C=O) groups is 2. The van der Waals surface area contributed by atoms with E-state index in [2.05, 4.69) is 9.97 Å². The first-order valence-corrected chi connectivity index (χ1v) is 12.0. The van der Waals surface area contributed by atoms with Gasteiger partial charge in [0.2, 0.25) is 6.79 Å². The highest BCUT2D eigenvalue weighted by molar-refractivity contribution is 5.95. The van der Waals surface area contributed by atoms with Gasteiger partial charge < -0.3 is 24.0 Å². The smallest absolute Gasteiger partial charge is 0.274 e. The lowest BCUT2D eigenvalue weighted by molar-refractivity contribution is -0.0336. The van der Waals surface area contributed by atoms with Crippen molar-refractivity contribution in [2.75, 3.05) is 39.6 Å². The van der Waals surface area contributed by atoms with Gasteiger partial charge >= 0.3 is 0 Å². The third-order valence-electron chi connectivity index (χ3n) is 6.60. The number of para-hydroxylation sites is 2. The molecule has 1 aromatic heterocycles. The van der Waals surface area contributed by atoms with Gasteiger partial charge in [0.15, 0.2) is 11.5 Å². The fourth-order valence-electron chi connectivity index (χ4n) is 4.55. The van der Waals surface area contributed by atoms with Gasteiger partial charge in [-0.15, -0.1) is 0 Å². The fraction of sp³-hybridized carbons (Fsp3) is 0.385. The van der Waals surface area contributed by atoms with Crippen molar-refractivity contribution in [2.45, 2.75) is 18.9 Å². The van der Waals surface area contributed by atoms with E-state index in [1.165, 1.54) is 6.20 Å². The summed E-state index contributed by atoms with van der Waals surface area (Å²) in [6, 6.07) is 12.8. The topological polar surface area (TPSA) is 94.1 Å². The molecule has 3 aromatic rings. The van der Waals surface area contributed by atoms with Crippen LogP contribution in [0.5, 0.6) is 11.5 Å². The molecule has 0 spiro atoms. The molecule has 1 aliphatic carbocycles. The Kier molecular flexibility index (Phi) is 5.69. The van der Waals surface area contributed by atoms with Crippen molar-refractivity contribution in [3.63, 3.8) is 0 Å². The third-order valence-corrected chi connectivity index (χ3v) is 6.60. The Bertz CT molecular complexity index is 1280. The van der Waals surface area contributed by atoms with E-state index in [0.29, 0.717) is 67.0 Å². The molecule has 180 valence electrons. The molecule has 0 radical (unpaired) electrons. The molecule has 1 unspecified atom stereocenters. The van der Waals surface area contributed by atoms with E-state index >= 15 is 0 Å². The summed E-state index contributed by atoms with van der Waals surface area (Å²) in [6.07, 6.45) is 3.50. The number of aromatic nitrogens is 2. The zero-order valence-electron chi connectivity index (χ0n) is 19.3. The lowest BCUT2D eigenvalue weighted by atomic mass is 10.1. The third kappa shape index (κ3) is 4.64. The van der Waals surface area contributed by atoms with Crippen LogP contribution in [0.3, 0.4) is 0 Å². The van der Waals surface area contributed by atoms with Crippen LogP contribution < -0.4 is 9.47 Å². The van der Waals surface area contributed by atoms with Gasteiger partial charge in [-0.1, -0.05) is 12.1 Å². The van der Waals surface area contributed by atoms with Crippen molar-refractivity contribution >= 4 is 22.8 Å². The average Bonchev–Trinajstić information content (AvgIpc) is 3.60. The predicted molar refractivity (Wildman–Crippen MR) is 126 cm³/mol. The molecule has 1 saturated heterocycles. The van der Waals surface area contributed by atoms with E-state index in [4.69, 9.17) is 14.2 Å². The molecule has 3 aliphatic rings. The van der Waals surface area contributed by atoms with Crippen LogP contribution in [0.2, 0.25) is 0 Å². The molecule has 35 heavy (non-hydrogen) atoms. The first kappa shape index (κ1) is 21.8. The molecule has 2 aliphatic heterocycles. The molecule has 6 rings (SSSR count). The van der Waals surface area contributed by atoms with Gasteiger partial charge in [0, 0.05) is 31.7 Å². The summed E-state index contributed by atoms with van der Waals surface area (Å²) in [6.45, 7) is 2.53. The zero-order chi connectivity index (χ0) is 23.8. The van der Waals surface area contributed by atoms with Gasteiger partial charge in [-0.2, -0.15) is 0 Å². The van der Waals surface area contributed by atoms with Gasteiger partial charge in [0.05, 0.1) is 29.9 Å². The van der Waals surface area contributed by atoms with Crippen molar-refractivity contribution in [1.29, 1.82) is 0 Å². The van der Waals surface area contributed by atoms with Crippen LogP contribution >= 0.6 is 0 Å². The molecule has 0 bridgehead atoms. The van der Waals surface area contributed by atoms with Crippen LogP contribution in [0.4, 0.5) is 0 Å². The summed E-state index contributed by atoms with van der Waals surface area (Å²) >= 11 is 0. The van der Waals surface area contributed by atoms with Crippen LogP contribution in [-0.2, 0) is 4.74 Å². The van der Waals surface area contributed by atoms with Gasteiger partial charge in [-0.25, -0.2) is 4.98 Å². The maximum atomic E-state index is 13.4. The number of benzene rings is 2. The van der Waals surface area contributed by atoms with Crippen molar-refractivity contribution in [3.8, 4) is 11.5 Å². The van der Waals surface area contributed by atoms with E-state index in [-0.39, 0.29) is 24.7 Å². The van der Waals surface area contributed by atoms with E-state index in [1.807, 2.05) is 29.2 Å². The molecular weight excluding hydrogens is 448 g/mol. The number of ether oxygens (including phenoxy) is 3. The summed E-state index contributed by atoms with van der Waals surface area (Å²) in [5.41, 5.74) is 2.32. The molecule has 2 aromatic carbocycles. The molecule has 9 nitrogen and oxygen atoms in total. The lowest BCUT2D eigenvalue weighted by Crippen LogP contribution is -2.51. The van der Waals surface area contributed by atoms with Crippen molar-refractivity contribution in [3.05, 3.63) is 59.9 Å². The SMILES string of the molecule is O=C(c1ccc2c(c1)OCO2)N(CC1CC1)CC1CN(C(=O)c2cnc3ccccc3n2)CCO1. The molecule has 1 atom stereocenters. The van der Waals surface area contributed by atoms with Gasteiger partial charge in [-0.05, 0) is 49.1 Å². The van der Waals surface area contributed by atoms with Crippen LogP contribution in [0.25, 0.3) is 11.0 Å². The standard InChI is InChI=1S/C26H26N4O5/c31-25(18-7-8-23-24(11-18)35-16-34-23)30(13-17-5-6-17)15-19-14-29(9-10-33-19)26(32)22-12-27-20-3-1-2-4-21(20)28-22/h1-4,7-8,11-12,17,19H,5-6,9-10,13-16H2. The Balaban J connectivity index is 1.16. The van der Waals surface area contributed by atoms with Crippen molar-refractivity contribution < 1.29 is 23.8 Å². The second-order valence-corrected chi connectivity index (χ2v) is 9.21. The summed E-state index contributed by atoms with van der Waals surface area (Å²) in [5.74, 6) is 1.51. The zero-order valence-corrected chi connectivity index (χ0v) is 19.3. The van der Waals surface area contributed by atoms with Crippen LogP contribution in [-0.4, -0.2) is 77.3 Å². The molecular formula is C26H26N4O5. The fourth-order valence-corrected chi connectivity index (χ4v) is 4.55. The van der Waals surface area contributed by atoms with Crippen LogP contribution in [0.1, 0.15) is 33.7 Å². The Morgan fingerprint density at radius 1 is 1.03 bits per heavy atom. The van der Waals surface area contributed by atoms with Crippen molar-refractivity contribution in [2.24, 2.45) is 5.92 Å². The van der Waals surface area contributed by atoms with Gasteiger partial charge in [0.25, 0.3) is 11.8 Å². The molecule has 9 heteroatoms. The first-order chi connectivity index (χ1) is 17.1. The van der Waals surface area contributed by atoms with Crippen molar-refractivity contribution in [1.82, 2.24) is 19.8 Å². The highest BCUT2D eigenvalue weighted by Crippen LogP contribution is 2.34. The second-order valence-electron chi connectivity index (χ2n) is 9.21. The average molecular weight is 475 g/mol. The Morgan fingerprint density at radius 3 is 2.71 bits per heavy atom. The Hall–Kier alpha value is -3.72. The highest BCUT2D eigenvalue weighted by atomic mass is 16.7. The predicted octanol–water partition coefficient (Wildman–Crippen LogP) is 2.75. The minimum atomic E-state index is -0.280. The highest BCUT2D eigenvalue weighted by Gasteiger charge is 2.33. The number of hydrogen-bond acceptors (Lipinski definition) is 7. The van der Waals surface area contributed by atoms with E-state index in [9.17, 15) is 9.59 Å². The second kappa shape index (κ2) is 9.14. The number of amides is 2. The maximum Gasteiger partial charge on any atom is 0.274 e. The number of carbonyl (C=O) groups excluding carboxylic acids is 2. The number of nitrogens with zero attached hydrogens (tertiary/aromatic N) is 4. The Labute approximate surface area is 202 Å². The van der Waals surface area contributed by atoms with E-state index < -0.39 is 0 Å². The summed E-state index contributed by atoms with van der Waals surface area (Å²) in [5, 5.41) is 0. The van der Waals surface area contributed by atoms with Gasteiger partial charge in [0.1, 0.15) is 5.69 Å². The summed E-state index contributed by atoms with van der Waals surface area (Å²) < 4.78 is 16.8. The van der Waals surface area contributed by atoms with Crippen LogP contribution in [0.15, 0.2) is 48.7 Å². The number of fused-ring (bicyclic) bond motifs is 2. The quantitative estimate of drug-likeness (QED) is 0.542. The minimum Gasteiger partial charge on any atom is -0.454 e. The lowest BCUT2D eigenvalue weighted by Gasteiger charge is -2.35. The molecule has 1 saturated carbocycles. The Morgan fingerprint density at radius 2 is 1.86 bits per heavy atom. The first-order valence-electron chi connectivity index (χ1n) is 12.0. The maximum absolute atomic E-state index is 13.4. The summed E-state index contributed by atoms with van der Waals surface area (Å²) in [7, 11) is 0. The van der Waals surface area contributed by atoms with E-state index in [1.54, 1.807) is 23.1 Å². The summed E-state index contributed by atoms with van der Waals surface area (Å²) in [4.78, 5) is 39.1. The van der Waals surface area contributed by atoms with Crippen LogP contribution in [0, 0.1) is 5.92 Å². The minimum absolute atomic E-state index is 0.0670. The molecule has 3 heterocycles. The normalized spacial score (nSPS) is 19.1. The molecule has 2 fully saturated rings. The number of rotatable bonds is 6. The van der Waals surface area contributed by atoms with E-state index in [0.717, 1.165) is 18.4 Å². The monoisotopic (exact) mass is 474 g/mol. The number of morpholine rings is 1. The largest absolute Gasteiger partial charge is 0.454 e.